The van der Waals surface area contributed by atoms with Crippen LogP contribution < -0.4 is 0 Å². The van der Waals surface area contributed by atoms with Gasteiger partial charge in [0.05, 0.1) is 39.3 Å². The number of para-hydroxylation sites is 1. The Labute approximate surface area is 253 Å². The monoisotopic (exact) mass is 596 g/mol. The minimum atomic E-state index is 1.05. The van der Waals surface area contributed by atoms with Crippen LogP contribution in [0.1, 0.15) is 28.6 Å². The van der Waals surface area contributed by atoms with Gasteiger partial charge in [0.1, 0.15) is 10.7 Å². The summed E-state index contributed by atoms with van der Waals surface area (Å²) in [7, 11) is 5.92. The summed E-state index contributed by atoms with van der Waals surface area (Å²) in [5.74, 6) is 1.05. The molecule has 7 aromatic heterocycles. The first-order chi connectivity index (χ1) is 20.2. The van der Waals surface area contributed by atoms with Crippen molar-refractivity contribution in [3.8, 4) is 0 Å². The van der Waals surface area contributed by atoms with E-state index in [4.69, 9.17) is 0 Å². The first-order valence-electron chi connectivity index (χ1n) is 13.7. The third-order valence-electron chi connectivity index (χ3n) is 7.16. The van der Waals surface area contributed by atoms with E-state index in [1.807, 2.05) is 100 Å². The highest BCUT2D eigenvalue weighted by Gasteiger charge is 2.05. The normalized spacial score (nSPS) is 10.9. The standard InChI is InChI=1S/2C9H10N2.2C7H8N2S/c1-7-8-5-3-4-6-9(8)11(2)10-7;1-7-9-5-3-4-6-11(9)8(2)10-7;1-5-6-3-10-4-7(6)9(2)8-5;1-5-6-3-4-10-7(6)9(2)8-5/h2*3-6H,1-2H3;2*3-4H,1-2H3. The van der Waals surface area contributed by atoms with E-state index in [1.165, 1.54) is 37.5 Å². The van der Waals surface area contributed by atoms with Crippen molar-refractivity contribution in [2.24, 2.45) is 21.1 Å². The molecule has 0 bridgehead atoms. The fourth-order valence-electron chi connectivity index (χ4n) is 5.06. The van der Waals surface area contributed by atoms with Gasteiger partial charge in [-0.15, -0.1) is 22.7 Å². The van der Waals surface area contributed by atoms with Crippen LogP contribution >= 0.6 is 22.7 Å². The summed E-state index contributed by atoms with van der Waals surface area (Å²) in [6.07, 6.45) is 2.03. The number of thiophene rings is 2. The molecule has 8 nitrogen and oxygen atoms in total. The number of nitrogens with zero attached hydrogens (tertiary/aromatic N) is 8. The van der Waals surface area contributed by atoms with Crippen molar-refractivity contribution in [1.29, 1.82) is 0 Å². The van der Waals surface area contributed by atoms with Crippen LogP contribution in [0.3, 0.4) is 0 Å². The summed E-state index contributed by atoms with van der Waals surface area (Å²) in [6.45, 7) is 10.1. The van der Waals surface area contributed by atoms with Gasteiger partial charge in [-0.1, -0.05) is 24.3 Å². The molecule has 7 heterocycles. The number of rotatable bonds is 0. The molecule has 10 heteroatoms. The molecule has 0 N–H and O–H groups in total. The summed E-state index contributed by atoms with van der Waals surface area (Å²) < 4.78 is 7.84. The maximum Gasteiger partial charge on any atom is 0.121 e. The number of hydrogen-bond donors (Lipinski definition) is 0. The van der Waals surface area contributed by atoms with Crippen LogP contribution in [0.25, 0.3) is 37.5 Å². The highest BCUT2D eigenvalue weighted by molar-refractivity contribution is 7.16. The fraction of sp³-hybridized carbons (Fsp3) is 0.250. The van der Waals surface area contributed by atoms with Gasteiger partial charge in [-0.2, -0.15) is 15.3 Å². The quantitative estimate of drug-likeness (QED) is 0.180. The highest BCUT2D eigenvalue weighted by atomic mass is 32.1. The number of hydrogen-bond acceptors (Lipinski definition) is 6. The number of pyridine rings is 1. The van der Waals surface area contributed by atoms with E-state index in [-0.39, 0.29) is 0 Å². The Hall–Kier alpha value is -4.28. The molecule has 0 spiro atoms. The van der Waals surface area contributed by atoms with Crippen LogP contribution in [-0.4, -0.2) is 38.7 Å². The zero-order chi connectivity index (χ0) is 30.0. The summed E-state index contributed by atoms with van der Waals surface area (Å²) in [5, 5.41) is 23.0. The number of aryl methyl sites for hydroxylation is 8. The van der Waals surface area contributed by atoms with Crippen LogP contribution in [0.4, 0.5) is 0 Å². The van der Waals surface area contributed by atoms with E-state index in [0.717, 1.165) is 28.6 Å². The molecule has 0 amide bonds. The SMILES string of the molecule is Cc1nc(C)n2ccccc12.Cc1nn(C)c2ccccc12.Cc1nn(C)c2cscc12.Cc1nn(C)c2sccc12. The Balaban J connectivity index is 0.000000112. The van der Waals surface area contributed by atoms with E-state index >= 15 is 0 Å². The maximum atomic E-state index is 4.35. The van der Waals surface area contributed by atoms with Crippen molar-refractivity contribution in [3.05, 3.63) is 99.5 Å². The Morgan fingerprint density at radius 2 is 1.19 bits per heavy atom. The summed E-state index contributed by atoms with van der Waals surface area (Å²) >= 11 is 3.46. The molecule has 0 fully saturated rings. The predicted octanol–water partition coefficient (Wildman–Crippen LogP) is 7.72. The average molecular weight is 597 g/mol. The second kappa shape index (κ2) is 12.3. The van der Waals surface area contributed by atoms with Gasteiger partial charge in [0, 0.05) is 54.3 Å². The van der Waals surface area contributed by atoms with Gasteiger partial charge in [0.25, 0.3) is 0 Å². The van der Waals surface area contributed by atoms with Gasteiger partial charge >= 0.3 is 0 Å². The van der Waals surface area contributed by atoms with Crippen molar-refractivity contribution in [3.63, 3.8) is 0 Å². The summed E-state index contributed by atoms with van der Waals surface area (Å²) in [6, 6.07) is 16.5. The molecule has 0 radical (unpaired) electrons. The van der Waals surface area contributed by atoms with Crippen molar-refractivity contribution < 1.29 is 0 Å². The van der Waals surface area contributed by atoms with Crippen molar-refractivity contribution in [2.75, 3.05) is 0 Å². The van der Waals surface area contributed by atoms with Gasteiger partial charge in [0.15, 0.2) is 0 Å². The largest absolute Gasteiger partial charge is 0.304 e. The van der Waals surface area contributed by atoms with Gasteiger partial charge < -0.3 is 4.40 Å². The molecule has 8 aromatic rings. The van der Waals surface area contributed by atoms with Crippen LogP contribution in [0.2, 0.25) is 0 Å². The molecule has 0 saturated carbocycles. The van der Waals surface area contributed by atoms with Gasteiger partial charge in [-0.05, 0) is 64.3 Å². The first-order valence-corrected chi connectivity index (χ1v) is 15.5. The van der Waals surface area contributed by atoms with Gasteiger partial charge in [-0.25, -0.2) is 4.98 Å². The van der Waals surface area contributed by atoms with Gasteiger partial charge in [0.2, 0.25) is 0 Å². The number of imidazole rings is 1. The molecule has 0 atom stereocenters. The molecule has 216 valence electrons. The summed E-state index contributed by atoms with van der Waals surface area (Å²) in [4.78, 5) is 5.61. The van der Waals surface area contributed by atoms with Crippen LogP contribution in [0, 0.1) is 34.6 Å². The lowest BCUT2D eigenvalue weighted by atomic mass is 10.2. The highest BCUT2D eigenvalue weighted by Crippen LogP contribution is 2.22. The topological polar surface area (TPSA) is 70.8 Å². The number of fused-ring (bicyclic) bond motifs is 4. The average Bonchev–Trinajstić information content (AvgIpc) is 3.81. The van der Waals surface area contributed by atoms with E-state index in [1.54, 1.807) is 22.7 Å². The Bertz CT molecular complexity index is 1810. The lowest BCUT2D eigenvalue weighted by Crippen LogP contribution is -1.88. The predicted molar refractivity (Wildman–Crippen MR) is 177 cm³/mol. The molecular formula is C32H36N8S2. The lowest BCUT2D eigenvalue weighted by Gasteiger charge is -1.92. The smallest absolute Gasteiger partial charge is 0.121 e. The zero-order valence-electron chi connectivity index (χ0n) is 25.3. The Morgan fingerprint density at radius 1 is 0.571 bits per heavy atom. The third-order valence-corrected chi connectivity index (χ3v) is 8.87. The van der Waals surface area contributed by atoms with Crippen molar-refractivity contribution in [1.82, 2.24) is 38.7 Å². The Kier molecular flexibility index (Phi) is 8.56. The molecule has 0 aliphatic carbocycles. The second-order valence-electron chi connectivity index (χ2n) is 10.2. The number of aromatic nitrogens is 8. The minimum Gasteiger partial charge on any atom is -0.304 e. The second-order valence-corrected chi connectivity index (χ2v) is 11.8. The van der Waals surface area contributed by atoms with Crippen LogP contribution in [-0.2, 0) is 21.1 Å². The zero-order valence-corrected chi connectivity index (χ0v) is 27.0. The molecule has 0 aliphatic rings. The van der Waals surface area contributed by atoms with Gasteiger partial charge in [-0.3, -0.25) is 14.0 Å². The molecule has 42 heavy (non-hydrogen) atoms. The lowest BCUT2D eigenvalue weighted by molar-refractivity contribution is 0.783. The molecule has 0 unspecified atom stereocenters. The van der Waals surface area contributed by atoms with E-state index < -0.39 is 0 Å². The van der Waals surface area contributed by atoms with E-state index in [9.17, 15) is 0 Å². The van der Waals surface area contributed by atoms with Crippen LogP contribution in [0.5, 0.6) is 0 Å². The fourth-order valence-corrected chi connectivity index (χ4v) is 6.84. The maximum absolute atomic E-state index is 4.35. The Morgan fingerprint density at radius 3 is 1.88 bits per heavy atom. The molecule has 0 saturated heterocycles. The van der Waals surface area contributed by atoms with Crippen molar-refractivity contribution >= 4 is 60.2 Å². The minimum absolute atomic E-state index is 1.05. The molecule has 0 aliphatic heterocycles. The number of benzene rings is 1. The molecule has 1 aromatic carbocycles. The van der Waals surface area contributed by atoms with Crippen molar-refractivity contribution in [2.45, 2.75) is 34.6 Å². The third kappa shape index (κ3) is 5.86. The molecule has 8 rings (SSSR count). The summed E-state index contributed by atoms with van der Waals surface area (Å²) in [5.41, 5.74) is 8.08. The van der Waals surface area contributed by atoms with Crippen LogP contribution in [0.15, 0.2) is 70.9 Å². The first kappa shape index (κ1) is 29.2. The van der Waals surface area contributed by atoms with E-state index in [2.05, 4.69) is 65.1 Å². The molecular weight excluding hydrogens is 561 g/mol. The van der Waals surface area contributed by atoms with E-state index in [0.29, 0.717) is 0 Å².